The van der Waals surface area contributed by atoms with Gasteiger partial charge in [-0.25, -0.2) is 0 Å². The highest BCUT2D eigenvalue weighted by molar-refractivity contribution is 5.79. The molecule has 4 nitrogen and oxygen atoms in total. The van der Waals surface area contributed by atoms with Gasteiger partial charge in [-0.15, -0.1) is 0 Å². The predicted molar refractivity (Wildman–Crippen MR) is 97.8 cm³/mol. The van der Waals surface area contributed by atoms with Crippen LogP contribution in [0.25, 0.3) is 0 Å². The first-order valence-corrected chi connectivity index (χ1v) is 9.94. The van der Waals surface area contributed by atoms with Crippen LogP contribution in [-0.4, -0.2) is 41.1 Å². The quantitative estimate of drug-likeness (QED) is 0.884. The van der Waals surface area contributed by atoms with Crippen LogP contribution in [0.3, 0.4) is 0 Å². The van der Waals surface area contributed by atoms with E-state index in [2.05, 4.69) is 40.5 Å². The van der Waals surface area contributed by atoms with Crippen LogP contribution in [0.5, 0.6) is 0 Å². The van der Waals surface area contributed by atoms with Crippen molar-refractivity contribution in [3.05, 3.63) is 35.9 Å². The Balaban J connectivity index is 1.30. The first-order chi connectivity index (χ1) is 12.2. The summed E-state index contributed by atoms with van der Waals surface area (Å²) in [6, 6.07) is 11.0. The lowest BCUT2D eigenvalue weighted by Crippen LogP contribution is -2.43. The van der Waals surface area contributed by atoms with Crippen molar-refractivity contribution in [2.75, 3.05) is 13.1 Å². The number of hydrogen-bond acceptors (Lipinski definition) is 3. The minimum absolute atomic E-state index is 0.115. The summed E-state index contributed by atoms with van der Waals surface area (Å²) in [7, 11) is 0. The van der Waals surface area contributed by atoms with Gasteiger partial charge in [0.2, 0.25) is 5.91 Å². The van der Waals surface area contributed by atoms with E-state index in [1.807, 2.05) is 0 Å². The molecule has 25 heavy (non-hydrogen) atoms. The molecule has 136 valence electrons. The topological polar surface area (TPSA) is 52.6 Å². The van der Waals surface area contributed by atoms with Crippen LogP contribution < -0.4 is 5.32 Å². The Hall–Kier alpha value is -1.39. The number of nitrogens with one attached hydrogen (secondary N) is 1. The van der Waals surface area contributed by atoms with E-state index in [0.717, 1.165) is 51.1 Å². The lowest BCUT2D eigenvalue weighted by Gasteiger charge is -2.28. The average molecular weight is 342 g/mol. The summed E-state index contributed by atoms with van der Waals surface area (Å²) in [6.45, 7) is 3.30. The molecule has 0 radical (unpaired) electrons. The second-order valence-corrected chi connectivity index (χ2v) is 8.30. The number of fused-ring (bicyclic) bond motifs is 1. The molecular formula is C21H30N2O2. The first-order valence-electron chi connectivity index (χ1n) is 9.94. The minimum atomic E-state index is -0.193. The van der Waals surface area contributed by atoms with E-state index in [0.29, 0.717) is 12.0 Å². The second-order valence-electron chi connectivity index (χ2n) is 8.30. The molecule has 4 heteroatoms. The lowest BCUT2D eigenvalue weighted by molar-refractivity contribution is -0.127. The van der Waals surface area contributed by atoms with Crippen LogP contribution in [0.15, 0.2) is 30.3 Å². The Bertz CT molecular complexity index is 583. The Kier molecular flexibility index (Phi) is 5.09. The van der Waals surface area contributed by atoms with E-state index in [-0.39, 0.29) is 17.9 Å². The smallest absolute Gasteiger partial charge is 0.223 e. The van der Waals surface area contributed by atoms with Crippen molar-refractivity contribution in [1.29, 1.82) is 0 Å². The molecule has 2 aliphatic carbocycles. The molecule has 1 aliphatic heterocycles. The Labute approximate surface area is 150 Å². The molecule has 0 bridgehead atoms. The van der Waals surface area contributed by atoms with Crippen molar-refractivity contribution >= 4 is 5.91 Å². The fourth-order valence-corrected chi connectivity index (χ4v) is 5.15. The van der Waals surface area contributed by atoms with Crippen LogP contribution >= 0.6 is 0 Å². The maximum atomic E-state index is 12.6. The molecule has 3 aliphatic rings. The zero-order valence-electron chi connectivity index (χ0n) is 14.9. The number of aliphatic hydroxyl groups is 1. The van der Waals surface area contributed by atoms with Crippen LogP contribution in [0.2, 0.25) is 0 Å². The summed E-state index contributed by atoms with van der Waals surface area (Å²) in [6.07, 6.45) is 5.42. The molecule has 2 N–H and O–H groups in total. The molecule has 3 atom stereocenters. The Morgan fingerprint density at radius 3 is 2.56 bits per heavy atom. The standard InChI is InChI=1S/C21H30N2O2/c24-18-9-6-16(7-10-18)21(25)22-20-11-8-17-13-23(14-19(17)20)12-15-4-2-1-3-5-15/h1-5,16-20,24H,6-14H2,(H,22,25). The number of amides is 1. The molecule has 1 aromatic carbocycles. The summed E-state index contributed by atoms with van der Waals surface area (Å²) in [5.74, 6) is 1.70. The Morgan fingerprint density at radius 1 is 1.04 bits per heavy atom. The van der Waals surface area contributed by atoms with Crippen molar-refractivity contribution in [3.8, 4) is 0 Å². The molecule has 1 aromatic rings. The van der Waals surface area contributed by atoms with Crippen molar-refractivity contribution in [3.63, 3.8) is 0 Å². The fraction of sp³-hybridized carbons (Fsp3) is 0.667. The Morgan fingerprint density at radius 2 is 1.80 bits per heavy atom. The van der Waals surface area contributed by atoms with Crippen molar-refractivity contribution < 1.29 is 9.90 Å². The van der Waals surface area contributed by atoms with Crippen LogP contribution in [0, 0.1) is 17.8 Å². The van der Waals surface area contributed by atoms with E-state index < -0.39 is 0 Å². The molecule has 3 fully saturated rings. The molecule has 2 saturated carbocycles. The number of rotatable bonds is 4. The predicted octanol–water partition coefficient (Wildman–Crippen LogP) is 2.56. The van der Waals surface area contributed by atoms with Crippen molar-refractivity contribution in [2.45, 2.75) is 57.2 Å². The van der Waals surface area contributed by atoms with E-state index >= 15 is 0 Å². The first kappa shape index (κ1) is 17.0. The highest BCUT2D eigenvalue weighted by atomic mass is 16.3. The number of carbonyl (C=O) groups excluding carboxylic acids is 1. The third kappa shape index (κ3) is 3.90. The summed E-state index contributed by atoms with van der Waals surface area (Å²) >= 11 is 0. The van der Waals surface area contributed by atoms with Gasteiger partial charge in [0, 0.05) is 31.6 Å². The summed E-state index contributed by atoms with van der Waals surface area (Å²) < 4.78 is 0. The molecule has 3 unspecified atom stereocenters. The zero-order valence-corrected chi connectivity index (χ0v) is 14.9. The third-order valence-corrected chi connectivity index (χ3v) is 6.58. The van der Waals surface area contributed by atoms with E-state index in [4.69, 9.17) is 0 Å². The van der Waals surface area contributed by atoms with E-state index in [1.54, 1.807) is 0 Å². The molecule has 1 saturated heterocycles. The van der Waals surface area contributed by atoms with Gasteiger partial charge in [0.05, 0.1) is 6.10 Å². The summed E-state index contributed by atoms with van der Waals surface area (Å²) in [5, 5.41) is 13.0. The van der Waals surface area contributed by atoms with Gasteiger partial charge < -0.3 is 10.4 Å². The molecule has 0 spiro atoms. The number of aliphatic hydroxyl groups excluding tert-OH is 1. The van der Waals surface area contributed by atoms with Gasteiger partial charge in [0.25, 0.3) is 0 Å². The second kappa shape index (κ2) is 7.46. The fourth-order valence-electron chi connectivity index (χ4n) is 5.15. The molecular weight excluding hydrogens is 312 g/mol. The van der Waals surface area contributed by atoms with Crippen LogP contribution in [-0.2, 0) is 11.3 Å². The van der Waals surface area contributed by atoms with E-state index in [1.165, 1.54) is 18.5 Å². The van der Waals surface area contributed by atoms with Gasteiger partial charge >= 0.3 is 0 Å². The highest BCUT2D eigenvalue weighted by Gasteiger charge is 2.43. The SMILES string of the molecule is O=C(NC1CCC2CN(Cc3ccccc3)CC21)C1CCC(O)CC1. The van der Waals surface area contributed by atoms with Crippen LogP contribution in [0.1, 0.15) is 44.1 Å². The largest absolute Gasteiger partial charge is 0.393 e. The van der Waals surface area contributed by atoms with E-state index in [9.17, 15) is 9.90 Å². The van der Waals surface area contributed by atoms with Gasteiger partial charge in [0.15, 0.2) is 0 Å². The van der Waals surface area contributed by atoms with Gasteiger partial charge in [-0.3, -0.25) is 9.69 Å². The number of carbonyl (C=O) groups is 1. The number of benzene rings is 1. The monoisotopic (exact) mass is 342 g/mol. The zero-order chi connectivity index (χ0) is 17.2. The summed E-state index contributed by atoms with van der Waals surface area (Å²) in [5.41, 5.74) is 1.38. The normalized spacial score (nSPS) is 35.5. The molecule has 1 heterocycles. The molecule has 0 aromatic heterocycles. The highest BCUT2D eigenvalue weighted by Crippen LogP contribution is 2.39. The van der Waals surface area contributed by atoms with Crippen molar-refractivity contribution in [2.24, 2.45) is 17.8 Å². The van der Waals surface area contributed by atoms with Crippen LogP contribution in [0.4, 0.5) is 0 Å². The third-order valence-electron chi connectivity index (χ3n) is 6.58. The molecule has 1 amide bonds. The minimum Gasteiger partial charge on any atom is -0.393 e. The average Bonchev–Trinajstić information content (AvgIpc) is 3.18. The lowest BCUT2D eigenvalue weighted by atomic mass is 9.86. The molecule has 4 rings (SSSR count). The maximum Gasteiger partial charge on any atom is 0.223 e. The number of likely N-dealkylation sites (tertiary alicyclic amines) is 1. The van der Waals surface area contributed by atoms with Crippen molar-refractivity contribution in [1.82, 2.24) is 10.2 Å². The number of nitrogens with zero attached hydrogens (tertiary/aromatic N) is 1. The van der Waals surface area contributed by atoms with Gasteiger partial charge in [0.1, 0.15) is 0 Å². The van der Waals surface area contributed by atoms with Gasteiger partial charge in [-0.1, -0.05) is 30.3 Å². The number of hydrogen-bond donors (Lipinski definition) is 2. The summed E-state index contributed by atoms with van der Waals surface area (Å²) in [4.78, 5) is 15.2. The van der Waals surface area contributed by atoms with Gasteiger partial charge in [-0.2, -0.15) is 0 Å². The van der Waals surface area contributed by atoms with Gasteiger partial charge in [-0.05, 0) is 55.9 Å². The maximum absolute atomic E-state index is 12.6.